The van der Waals surface area contributed by atoms with E-state index in [0.29, 0.717) is 0 Å². The first-order valence-corrected chi connectivity index (χ1v) is 36.5. The first-order chi connectivity index (χ1) is 48.5. The van der Waals surface area contributed by atoms with Crippen LogP contribution in [0, 0.1) is 0 Å². The number of rotatable bonds is 9. The van der Waals surface area contributed by atoms with Crippen LogP contribution in [-0.2, 0) is 0 Å². The average molecular weight is 1550 g/mol. The summed E-state index contributed by atoms with van der Waals surface area (Å²) < 4.78 is 18.0. The van der Waals surface area contributed by atoms with Gasteiger partial charge in [-0.3, -0.25) is 0 Å². The van der Waals surface area contributed by atoms with Crippen LogP contribution in [0.4, 0.5) is 0 Å². The van der Waals surface area contributed by atoms with E-state index in [4.69, 9.17) is 43.6 Å². The molecule has 0 radical (unpaired) electrons. The third-order valence-corrected chi connectivity index (χ3v) is 21.8. The Bertz CT molecular complexity index is 6050. The van der Waals surface area contributed by atoms with Gasteiger partial charge in [-0.25, -0.2) is 0 Å². The number of halogens is 6. The van der Waals surface area contributed by atoms with Crippen LogP contribution in [0.5, 0.6) is 0 Å². The Morgan fingerprint density at radius 1 is 0.242 bits per heavy atom. The van der Waals surface area contributed by atoms with E-state index in [1.807, 2.05) is 96.3 Å². The molecule has 0 saturated heterocycles. The van der Waals surface area contributed by atoms with Crippen molar-refractivity contribution < 1.29 is 8.83 Å². The molecular weight excluding hydrogens is 1490 g/mol. The van der Waals surface area contributed by atoms with Crippen molar-refractivity contribution in [2.45, 2.75) is 0 Å². The number of fused-ring (bicyclic) bond motifs is 9. The molecule has 9 heteroatoms. The van der Waals surface area contributed by atoms with Gasteiger partial charge in [-0.15, -0.1) is 11.3 Å². The number of furan rings is 2. The summed E-state index contributed by atoms with van der Waals surface area (Å²) >= 11 is 31.4. The van der Waals surface area contributed by atoms with Gasteiger partial charge in [0.05, 0.1) is 0 Å². The van der Waals surface area contributed by atoms with Crippen molar-refractivity contribution in [1.29, 1.82) is 0 Å². The van der Waals surface area contributed by atoms with Crippen LogP contribution in [0.2, 0.25) is 15.1 Å². The molecule has 0 spiro atoms. The van der Waals surface area contributed by atoms with Crippen molar-refractivity contribution in [1.82, 2.24) is 0 Å². The summed E-state index contributed by atoms with van der Waals surface area (Å²) in [6.45, 7) is 0. The molecule has 0 bridgehead atoms. The van der Waals surface area contributed by atoms with E-state index in [-0.39, 0.29) is 0 Å². The summed E-state index contributed by atoms with van der Waals surface area (Å²) in [5.41, 5.74) is 24.7. The summed E-state index contributed by atoms with van der Waals surface area (Å²) in [5.74, 6) is 0. The molecule has 0 unspecified atom stereocenters. The highest BCUT2D eigenvalue weighted by Crippen LogP contribution is 2.46. The molecule has 0 aliphatic heterocycles. The molecule has 0 fully saturated rings. The molecule has 0 atom stereocenters. The van der Waals surface area contributed by atoms with E-state index in [1.54, 1.807) is 0 Å². The Balaban J connectivity index is 0.000000116. The second-order valence-corrected chi connectivity index (χ2v) is 29.2. The number of hydrogen-bond acceptors (Lipinski definition) is 3. The van der Waals surface area contributed by atoms with Gasteiger partial charge >= 0.3 is 0 Å². The van der Waals surface area contributed by atoms with E-state index < -0.39 is 0 Å². The molecule has 474 valence electrons. The lowest BCUT2D eigenvalue weighted by atomic mass is 9.92. The molecule has 18 aromatic rings. The van der Waals surface area contributed by atoms with Crippen LogP contribution in [0.25, 0.3) is 164 Å². The van der Waals surface area contributed by atoms with Crippen molar-refractivity contribution in [3.05, 3.63) is 356 Å². The van der Waals surface area contributed by atoms with Gasteiger partial charge in [0.25, 0.3) is 0 Å². The van der Waals surface area contributed by atoms with Crippen LogP contribution in [0.1, 0.15) is 0 Å². The number of benzene rings is 15. The van der Waals surface area contributed by atoms with Crippen molar-refractivity contribution in [3.8, 4) is 100 Å². The summed E-state index contributed by atoms with van der Waals surface area (Å²) in [6, 6.07) is 114. The lowest BCUT2D eigenvalue weighted by Gasteiger charge is -2.12. The smallest absolute Gasteiger partial charge is 0.136 e. The van der Waals surface area contributed by atoms with Gasteiger partial charge in [0.15, 0.2) is 0 Å². The fourth-order valence-corrected chi connectivity index (χ4v) is 16.3. The largest absolute Gasteiger partial charge is 0.456 e. The number of thiophene rings is 1. The van der Waals surface area contributed by atoms with Crippen LogP contribution in [0.15, 0.2) is 350 Å². The van der Waals surface area contributed by atoms with E-state index in [1.165, 1.54) is 86.9 Å². The molecule has 2 nitrogen and oxygen atoms in total. The molecule has 99 heavy (non-hydrogen) atoms. The average Bonchev–Trinajstić information content (AvgIpc) is 1.65. The monoisotopic (exact) mass is 1540 g/mol. The first kappa shape index (κ1) is 64.1. The van der Waals surface area contributed by atoms with Gasteiger partial charge in [0.1, 0.15) is 22.3 Å². The minimum Gasteiger partial charge on any atom is -0.456 e. The Morgan fingerprint density at radius 2 is 0.697 bits per heavy atom. The summed E-state index contributed by atoms with van der Waals surface area (Å²) in [6.07, 6.45) is 0. The molecule has 0 N–H and O–H groups in total. The highest BCUT2D eigenvalue weighted by atomic mass is 79.9. The van der Waals surface area contributed by atoms with Gasteiger partial charge in [-0.05, 0) is 192 Å². The Hall–Kier alpha value is -9.57. The van der Waals surface area contributed by atoms with Gasteiger partial charge in [-0.1, -0.05) is 307 Å². The predicted molar refractivity (Wildman–Crippen MR) is 434 cm³/mol. The summed E-state index contributed by atoms with van der Waals surface area (Å²) in [5, 5.41) is 9.35. The molecule has 18 rings (SSSR count). The zero-order valence-electron chi connectivity index (χ0n) is 52.7. The van der Waals surface area contributed by atoms with Crippen LogP contribution in [0.3, 0.4) is 0 Å². The topological polar surface area (TPSA) is 26.3 Å². The van der Waals surface area contributed by atoms with E-state index in [0.717, 1.165) is 106 Å². The SMILES string of the molecule is Clc1ccc(-c2ccc(-c3ccccc3-c3ccc4oc5cccc(Br)c5c4c3)cc2)cc1.Clc1cccc(-c2ccc(-c3ccccc3-c3ccc4c(c3)oc3cc(Br)ccc34)cc2)c1.Clc1ccccc1-c1ccc(-c2ccccc2-c2cccc3c2sc2ccc(Br)cc23)cc1. The third kappa shape index (κ3) is 13.1. The first-order valence-electron chi connectivity index (χ1n) is 32.2. The fourth-order valence-electron chi connectivity index (χ4n) is 13.3. The normalized spacial score (nSPS) is 11.3. The minimum absolute atomic E-state index is 0.746. The lowest BCUT2D eigenvalue weighted by molar-refractivity contribution is 0.668. The van der Waals surface area contributed by atoms with E-state index in [2.05, 4.69) is 290 Å². The third-order valence-electron chi connectivity index (χ3n) is 18.1. The maximum atomic E-state index is 6.42. The van der Waals surface area contributed by atoms with Gasteiger partial charge in [0, 0.05) is 81.3 Å². The van der Waals surface area contributed by atoms with Crippen molar-refractivity contribution in [2.24, 2.45) is 0 Å². The van der Waals surface area contributed by atoms with Crippen molar-refractivity contribution in [2.75, 3.05) is 0 Å². The molecule has 3 heterocycles. The predicted octanol–water partition coefficient (Wildman–Crippen LogP) is 30.5. The van der Waals surface area contributed by atoms with E-state index in [9.17, 15) is 0 Å². The second-order valence-electron chi connectivity index (χ2n) is 24.2. The second kappa shape index (κ2) is 28.0. The zero-order chi connectivity index (χ0) is 67.1. The van der Waals surface area contributed by atoms with Crippen LogP contribution < -0.4 is 0 Å². The summed E-state index contributed by atoms with van der Waals surface area (Å²) in [7, 11) is 0. The fraction of sp³-hybridized carbons (Fsp3) is 0. The van der Waals surface area contributed by atoms with Crippen LogP contribution >= 0.6 is 93.9 Å². The molecular formula is C90H54Br3Cl3O2S. The van der Waals surface area contributed by atoms with Gasteiger partial charge < -0.3 is 8.83 Å². The van der Waals surface area contributed by atoms with Crippen LogP contribution in [-0.4, -0.2) is 0 Å². The Labute approximate surface area is 617 Å². The van der Waals surface area contributed by atoms with Gasteiger partial charge in [0.2, 0.25) is 0 Å². The molecule has 0 amide bonds. The highest BCUT2D eigenvalue weighted by molar-refractivity contribution is 9.11. The van der Waals surface area contributed by atoms with Crippen molar-refractivity contribution >= 4 is 158 Å². The molecule has 0 aliphatic carbocycles. The maximum absolute atomic E-state index is 6.42. The van der Waals surface area contributed by atoms with E-state index >= 15 is 0 Å². The maximum Gasteiger partial charge on any atom is 0.136 e. The quantitative estimate of drug-likeness (QED) is 0.144. The Morgan fingerprint density at radius 3 is 1.33 bits per heavy atom. The van der Waals surface area contributed by atoms with Gasteiger partial charge in [-0.2, -0.15) is 0 Å². The van der Waals surface area contributed by atoms with Crippen molar-refractivity contribution in [3.63, 3.8) is 0 Å². The molecule has 0 saturated carbocycles. The summed E-state index contributed by atoms with van der Waals surface area (Å²) in [4.78, 5) is 0. The zero-order valence-corrected chi connectivity index (χ0v) is 60.5. The highest BCUT2D eigenvalue weighted by Gasteiger charge is 2.18. The minimum atomic E-state index is 0.746. The number of hydrogen-bond donors (Lipinski definition) is 0. The molecule has 15 aromatic carbocycles. The lowest BCUT2D eigenvalue weighted by Crippen LogP contribution is -1.86. The molecule has 3 aromatic heterocycles. The Kier molecular flexibility index (Phi) is 18.1. The standard InChI is InChI=1S/2C30H18BrClO.C30H18BrClS/c31-23-13-15-28-27-14-12-22(17-29(27)33-30(28)18-23)26-7-2-1-6-25(26)20-10-8-19(9-11-20)21-4-3-5-24(32)16-21;31-27-6-3-7-29-30(27)26-18-22(14-17-28(26)33-29)25-5-2-1-4-24(25)21-10-8-19(9-11-21)20-12-15-23(32)16-13-20;31-21-16-17-29-27(18-21)26-10-5-9-25(30(26)33-29)24-8-2-1-6-22(24)19-12-14-20(15-13-19)23-7-3-4-11-28(23)32/h3*1-18H. The molecule has 0 aliphatic rings.